The zero-order chi connectivity index (χ0) is 42.2. The zero-order valence-corrected chi connectivity index (χ0v) is 37.1. The first-order valence-corrected chi connectivity index (χ1v) is 20.3. The summed E-state index contributed by atoms with van der Waals surface area (Å²) in [6.07, 6.45) is -5.08. The van der Waals surface area contributed by atoms with E-state index in [4.69, 9.17) is 30.3 Å². The van der Waals surface area contributed by atoms with Gasteiger partial charge in [0.2, 0.25) is 0 Å². The monoisotopic (exact) mass is 797 g/mol. The molecule has 2 aromatic carbocycles. The van der Waals surface area contributed by atoms with Gasteiger partial charge in [-0.1, -0.05) is 83.1 Å². The predicted octanol–water partition coefficient (Wildman–Crippen LogP) is 7.09. The topological polar surface area (TPSA) is 180 Å². The molecule has 0 spiro atoms. The van der Waals surface area contributed by atoms with E-state index in [1.807, 2.05) is 23.5 Å². The maximum atomic E-state index is 11.2. The maximum Gasteiger partial charge on any atom is 0.303 e. The molecule has 0 fully saturated rings. The first-order valence-electron chi connectivity index (χ1n) is 18.6. The van der Waals surface area contributed by atoms with Gasteiger partial charge in [-0.25, -0.2) is 0 Å². The summed E-state index contributed by atoms with van der Waals surface area (Å²) in [5.41, 5.74) is 3.55. The van der Waals surface area contributed by atoms with Crippen LogP contribution in [0.25, 0.3) is 0 Å². The number of hydrogen-bond acceptors (Lipinski definition) is 11. The van der Waals surface area contributed by atoms with E-state index in [1.54, 1.807) is 7.05 Å². The molecule has 10 nitrogen and oxygen atoms in total. The van der Waals surface area contributed by atoms with E-state index < -0.39 is 37.0 Å². The van der Waals surface area contributed by atoms with Crippen LogP contribution in [-0.2, 0) is 26.5 Å². The lowest BCUT2D eigenvalue weighted by Crippen LogP contribution is -2.48. The highest BCUT2D eigenvalue weighted by Crippen LogP contribution is 2.51. The van der Waals surface area contributed by atoms with Crippen LogP contribution in [0.3, 0.4) is 0 Å². The molecule has 2 aromatic rings. The normalized spacial score (nSPS) is 15.2. The quantitative estimate of drug-likeness (QED) is 0.0522. The van der Waals surface area contributed by atoms with Gasteiger partial charge in [-0.15, -0.1) is 23.5 Å². The number of hydrogen-bond donors (Lipinski definition) is 8. The maximum absolute atomic E-state index is 11.2. The lowest BCUT2D eigenvalue weighted by atomic mass is 9.79. The summed E-state index contributed by atoms with van der Waals surface area (Å²) in [6, 6.07) is 8.83. The average molecular weight is 798 g/mol. The Morgan fingerprint density at radius 3 is 1.39 bits per heavy atom. The Balaban J connectivity index is 0.000000951. The molecule has 54 heavy (non-hydrogen) atoms. The van der Waals surface area contributed by atoms with Crippen LogP contribution >= 0.6 is 23.5 Å². The Morgan fingerprint density at radius 1 is 0.685 bits per heavy atom. The molecule has 0 unspecified atom stereocenters. The summed E-state index contributed by atoms with van der Waals surface area (Å²) in [5, 5.41) is 67.8. The van der Waals surface area contributed by atoms with Crippen LogP contribution < -0.4 is 10.1 Å². The number of carboxylic acids is 1. The molecule has 0 heterocycles. The number of aliphatic carboxylic acids is 1. The second-order valence-electron chi connectivity index (χ2n) is 18.5. The van der Waals surface area contributed by atoms with Crippen molar-refractivity contribution in [2.75, 3.05) is 26.8 Å². The molecule has 0 amide bonds. The van der Waals surface area contributed by atoms with Gasteiger partial charge < -0.3 is 45.8 Å². The highest BCUT2D eigenvalue weighted by molar-refractivity contribution is 8.18. The van der Waals surface area contributed by atoms with Crippen molar-refractivity contribution in [3.05, 3.63) is 46.5 Å². The SMILES string of the molecule is CC(C)(Sc1cc(C(C)(C)C)c(O)c(C(C)(C)C)c1)Sc1cc(C(C)(C)C)c(OCCCC(=O)O)c(C(C)(C)C)c1.CNC[C@H](O)[C@@H](O)[C@H](O)[C@H](O)CO. The van der Waals surface area contributed by atoms with Crippen molar-refractivity contribution in [1.82, 2.24) is 5.32 Å². The highest BCUT2D eigenvalue weighted by atomic mass is 32.2. The molecule has 0 aliphatic rings. The first kappa shape index (κ1) is 50.0. The van der Waals surface area contributed by atoms with Crippen molar-refractivity contribution in [2.24, 2.45) is 0 Å². The van der Waals surface area contributed by atoms with E-state index in [1.165, 1.54) is 4.90 Å². The Morgan fingerprint density at radius 2 is 1.06 bits per heavy atom. The molecular formula is C42H71NO9S2. The second kappa shape index (κ2) is 19.9. The number of nitrogens with one attached hydrogen (secondary N) is 1. The van der Waals surface area contributed by atoms with Crippen LogP contribution in [0.1, 0.15) is 132 Å². The minimum atomic E-state index is -1.55. The van der Waals surface area contributed by atoms with E-state index in [-0.39, 0.29) is 38.7 Å². The Hall–Kier alpha value is -2.03. The van der Waals surface area contributed by atoms with Gasteiger partial charge in [0.1, 0.15) is 29.8 Å². The van der Waals surface area contributed by atoms with Crippen molar-refractivity contribution >= 4 is 29.5 Å². The van der Waals surface area contributed by atoms with E-state index >= 15 is 0 Å². The molecule has 0 radical (unpaired) electrons. The van der Waals surface area contributed by atoms with Crippen LogP contribution in [0.2, 0.25) is 0 Å². The van der Waals surface area contributed by atoms with Crippen LogP contribution in [-0.4, -0.2) is 97.0 Å². The van der Waals surface area contributed by atoms with Gasteiger partial charge in [0, 0.05) is 45.0 Å². The van der Waals surface area contributed by atoms with E-state index in [9.17, 15) is 15.0 Å². The Kier molecular flexibility index (Phi) is 18.4. The molecule has 0 saturated carbocycles. The number of aromatic hydroxyl groups is 1. The molecule has 0 aromatic heterocycles. The van der Waals surface area contributed by atoms with Crippen LogP contribution in [0, 0.1) is 0 Å². The molecule has 0 aliphatic heterocycles. The number of ether oxygens (including phenoxy) is 1. The molecular weight excluding hydrogens is 727 g/mol. The van der Waals surface area contributed by atoms with Crippen molar-refractivity contribution in [3.63, 3.8) is 0 Å². The van der Waals surface area contributed by atoms with Crippen LogP contribution in [0.15, 0.2) is 34.1 Å². The minimum Gasteiger partial charge on any atom is -0.507 e. The number of rotatable bonds is 15. The third-order valence-electron chi connectivity index (χ3n) is 8.63. The molecule has 2 rings (SSSR count). The third kappa shape index (κ3) is 15.5. The Bertz CT molecular complexity index is 1430. The fraction of sp³-hybridized carbons (Fsp3) is 0.690. The fourth-order valence-corrected chi connectivity index (χ4v) is 8.21. The number of carboxylic acid groups (broad SMARTS) is 1. The number of likely N-dealkylation sites (N-methyl/N-ethyl adjacent to an activating group) is 1. The van der Waals surface area contributed by atoms with Gasteiger partial charge in [0.05, 0.1) is 23.4 Å². The summed E-state index contributed by atoms with van der Waals surface area (Å²) < 4.78 is 6.15. The number of aliphatic hydroxyl groups excluding tert-OH is 5. The van der Waals surface area contributed by atoms with Gasteiger partial charge in [0.25, 0.3) is 0 Å². The Labute approximate surface area is 333 Å². The van der Waals surface area contributed by atoms with Gasteiger partial charge in [0.15, 0.2) is 0 Å². The summed E-state index contributed by atoms with van der Waals surface area (Å²) in [6.45, 7) is 30.4. The van der Waals surface area contributed by atoms with Gasteiger partial charge in [-0.2, -0.15) is 0 Å². The number of phenolic OH excluding ortho intramolecular Hbond substituents is 1. The summed E-state index contributed by atoms with van der Waals surface area (Å²) >= 11 is 3.67. The standard InChI is InChI=1S/C35H54O4S2.C7H17NO5/c1-31(2,3)24-18-22(19-25(29(24)38)32(4,5)6)40-35(13,14)41-23-20-26(33(7,8)9)30(27(21-23)34(10,11)12)39-17-15-16-28(36)37;1-8-2-4(10)6(12)7(13)5(11)3-9/h18-21,38H,15-17H2,1-14H3,(H,36,37);4-13H,2-3H2,1H3/t;4-,5+,6+,7+/m.0/s1. The third-order valence-corrected chi connectivity index (χ3v) is 11.1. The van der Waals surface area contributed by atoms with Crippen molar-refractivity contribution in [3.8, 4) is 11.5 Å². The average Bonchev–Trinajstić information content (AvgIpc) is 3.00. The largest absolute Gasteiger partial charge is 0.507 e. The molecule has 0 bridgehead atoms. The van der Waals surface area contributed by atoms with Crippen molar-refractivity contribution in [2.45, 2.75) is 170 Å². The number of carbonyl (C=O) groups is 1. The van der Waals surface area contributed by atoms with Crippen molar-refractivity contribution in [1.29, 1.82) is 0 Å². The zero-order valence-electron chi connectivity index (χ0n) is 35.4. The number of phenols is 1. The molecule has 4 atom stereocenters. The minimum absolute atomic E-state index is 0.0936. The summed E-state index contributed by atoms with van der Waals surface area (Å²) in [5.74, 6) is 0.488. The molecule has 12 heteroatoms. The second-order valence-corrected chi connectivity index (χ2v) is 22.2. The number of thioether (sulfide) groups is 2. The number of benzene rings is 2. The van der Waals surface area contributed by atoms with E-state index in [0.29, 0.717) is 18.8 Å². The van der Waals surface area contributed by atoms with Crippen LogP contribution in [0.5, 0.6) is 11.5 Å². The molecule has 8 N–H and O–H groups in total. The molecule has 310 valence electrons. The summed E-state index contributed by atoms with van der Waals surface area (Å²) in [7, 11) is 1.57. The number of aliphatic hydroxyl groups is 5. The van der Waals surface area contributed by atoms with Crippen LogP contribution in [0.4, 0.5) is 0 Å². The smallest absolute Gasteiger partial charge is 0.303 e. The van der Waals surface area contributed by atoms with Crippen molar-refractivity contribution < 1.29 is 45.3 Å². The van der Waals surface area contributed by atoms with E-state index in [2.05, 4.69) is 127 Å². The summed E-state index contributed by atoms with van der Waals surface area (Å²) in [4.78, 5) is 13.4. The first-order chi connectivity index (χ1) is 24.4. The van der Waals surface area contributed by atoms with E-state index in [0.717, 1.165) is 32.9 Å². The van der Waals surface area contributed by atoms with Gasteiger partial charge in [-0.05, 0) is 73.2 Å². The molecule has 0 saturated heterocycles. The predicted molar refractivity (Wildman–Crippen MR) is 223 cm³/mol. The fourth-order valence-electron chi connectivity index (χ4n) is 5.62. The lowest BCUT2D eigenvalue weighted by molar-refractivity contribution is -0.137. The highest BCUT2D eigenvalue weighted by Gasteiger charge is 2.33. The lowest BCUT2D eigenvalue weighted by Gasteiger charge is -2.32. The molecule has 0 aliphatic carbocycles. The van der Waals surface area contributed by atoms with Gasteiger partial charge in [-0.3, -0.25) is 4.79 Å². The van der Waals surface area contributed by atoms with Gasteiger partial charge >= 0.3 is 5.97 Å².